The number of rotatable bonds is 4. The third kappa shape index (κ3) is 3.22. The molecule has 1 saturated heterocycles. The summed E-state index contributed by atoms with van der Waals surface area (Å²) >= 11 is 0. The Hall–Kier alpha value is -1.13. The Kier molecular flexibility index (Phi) is 4.76. The van der Waals surface area contributed by atoms with Crippen LogP contribution in [0.1, 0.15) is 43.0 Å². The van der Waals surface area contributed by atoms with Gasteiger partial charge in [-0.15, -0.1) is 0 Å². The molecular weight excluding hydrogens is 260 g/mol. The molecule has 4 heteroatoms. The average Bonchev–Trinajstić information content (AvgIpc) is 2.54. The summed E-state index contributed by atoms with van der Waals surface area (Å²) in [5.41, 5.74) is 9.99. The molecule has 1 aliphatic heterocycles. The maximum Gasteiger partial charge on any atom is 0.133 e. The smallest absolute Gasteiger partial charge is 0.133 e. The van der Waals surface area contributed by atoms with Crippen molar-refractivity contribution >= 4 is 5.82 Å². The minimum atomic E-state index is 0.602. The number of nitrogens with zero attached hydrogens (tertiary/aromatic N) is 3. The topological polar surface area (TPSA) is 45.4 Å². The average molecular weight is 288 g/mol. The fourth-order valence-corrected chi connectivity index (χ4v) is 3.59. The Bertz CT molecular complexity index is 478. The van der Waals surface area contributed by atoms with Crippen LogP contribution in [0.15, 0.2) is 6.07 Å². The molecule has 3 rings (SSSR count). The Balaban J connectivity index is 1.78. The van der Waals surface area contributed by atoms with E-state index in [2.05, 4.69) is 22.8 Å². The lowest BCUT2D eigenvalue weighted by Gasteiger charge is -2.36. The molecule has 0 amide bonds. The van der Waals surface area contributed by atoms with Crippen LogP contribution in [-0.4, -0.2) is 42.6 Å². The highest BCUT2D eigenvalue weighted by Crippen LogP contribution is 2.27. The van der Waals surface area contributed by atoms with Gasteiger partial charge >= 0.3 is 0 Å². The van der Waals surface area contributed by atoms with Crippen LogP contribution < -0.4 is 10.6 Å². The number of pyridine rings is 1. The summed E-state index contributed by atoms with van der Waals surface area (Å²) in [6, 6.07) is 2.33. The zero-order valence-corrected chi connectivity index (χ0v) is 13.3. The summed E-state index contributed by atoms with van der Waals surface area (Å²) in [5.74, 6) is 1.16. The molecule has 1 fully saturated rings. The van der Waals surface area contributed by atoms with Crippen molar-refractivity contribution in [1.82, 2.24) is 9.88 Å². The molecule has 21 heavy (non-hydrogen) atoms. The number of anilines is 1. The molecule has 0 radical (unpaired) electrons. The lowest BCUT2D eigenvalue weighted by Crippen LogP contribution is -2.47. The van der Waals surface area contributed by atoms with Crippen LogP contribution in [0, 0.1) is 0 Å². The molecule has 0 spiro atoms. The first-order chi connectivity index (χ1) is 10.3. The molecule has 4 nitrogen and oxygen atoms in total. The van der Waals surface area contributed by atoms with Crippen molar-refractivity contribution in [2.45, 2.75) is 45.6 Å². The van der Waals surface area contributed by atoms with Gasteiger partial charge in [-0.2, -0.15) is 0 Å². The number of nitrogens with two attached hydrogens (primary N) is 1. The highest BCUT2D eigenvalue weighted by atomic mass is 15.3. The molecule has 0 unspecified atom stereocenters. The Morgan fingerprint density at radius 1 is 1.14 bits per heavy atom. The Morgan fingerprint density at radius 3 is 2.62 bits per heavy atom. The van der Waals surface area contributed by atoms with Gasteiger partial charge in [0.15, 0.2) is 0 Å². The first kappa shape index (κ1) is 14.8. The van der Waals surface area contributed by atoms with Crippen LogP contribution in [0.5, 0.6) is 0 Å². The molecule has 0 bridgehead atoms. The van der Waals surface area contributed by atoms with Crippen molar-refractivity contribution in [2.24, 2.45) is 5.73 Å². The Morgan fingerprint density at radius 2 is 1.90 bits per heavy atom. The van der Waals surface area contributed by atoms with E-state index in [1.165, 1.54) is 49.0 Å². The minimum absolute atomic E-state index is 0.602. The van der Waals surface area contributed by atoms with E-state index in [0.29, 0.717) is 6.54 Å². The highest BCUT2D eigenvalue weighted by Gasteiger charge is 2.22. The second-order valence-electron chi connectivity index (χ2n) is 6.32. The number of fused-ring (bicyclic) bond motifs is 1. The van der Waals surface area contributed by atoms with Crippen LogP contribution in [0.25, 0.3) is 0 Å². The van der Waals surface area contributed by atoms with E-state index in [-0.39, 0.29) is 0 Å². The predicted molar refractivity (Wildman–Crippen MR) is 87.7 cm³/mol. The van der Waals surface area contributed by atoms with E-state index in [1.807, 2.05) is 0 Å². The zero-order chi connectivity index (χ0) is 14.7. The van der Waals surface area contributed by atoms with Gasteiger partial charge in [-0.3, -0.25) is 4.90 Å². The molecule has 1 aliphatic carbocycles. The number of aryl methyl sites for hydroxylation is 2. The third-order valence-corrected chi connectivity index (χ3v) is 4.79. The van der Waals surface area contributed by atoms with Gasteiger partial charge in [0.2, 0.25) is 0 Å². The van der Waals surface area contributed by atoms with Crippen LogP contribution >= 0.6 is 0 Å². The maximum absolute atomic E-state index is 5.99. The molecule has 0 aromatic carbocycles. The van der Waals surface area contributed by atoms with Crippen molar-refractivity contribution in [3.63, 3.8) is 0 Å². The molecule has 1 aromatic heterocycles. The standard InChI is InChI=1S/C17H28N4/c1-2-7-20-8-10-21(11-9-20)17-15(13-18)12-14-5-3-4-6-16(14)19-17/h12H,2-11,13,18H2,1H3. The van der Waals surface area contributed by atoms with Crippen LogP contribution in [0.4, 0.5) is 5.82 Å². The summed E-state index contributed by atoms with van der Waals surface area (Å²) in [5, 5.41) is 0. The van der Waals surface area contributed by atoms with Crippen LogP contribution in [0.3, 0.4) is 0 Å². The van der Waals surface area contributed by atoms with E-state index < -0.39 is 0 Å². The third-order valence-electron chi connectivity index (χ3n) is 4.79. The van der Waals surface area contributed by atoms with Gasteiger partial charge in [0.25, 0.3) is 0 Å². The van der Waals surface area contributed by atoms with Crippen LogP contribution in [-0.2, 0) is 19.4 Å². The zero-order valence-electron chi connectivity index (χ0n) is 13.3. The van der Waals surface area contributed by atoms with E-state index in [4.69, 9.17) is 10.7 Å². The summed E-state index contributed by atoms with van der Waals surface area (Å²) in [6.07, 6.45) is 6.15. The number of hydrogen-bond acceptors (Lipinski definition) is 4. The quantitative estimate of drug-likeness (QED) is 0.920. The SMILES string of the molecule is CCCN1CCN(c2nc3c(cc2CN)CCCC3)CC1. The van der Waals surface area contributed by atoms with Gasteiger partial charge in [0.05, 0.1) is 0 Å². The Labute approximate surface area is 128 Å². The van der Waals surface area contributed by atoms with Gasteiger partial charge in [-0.1, -0.05) is 6.92 Å². The van der Waals surface area contributed by atoms with Crippen molar-refractivity contribution in [3.05, 3.63) is 22.9 Å². The van der Waals surface area contributed by atoms with Crippen molar-refractivity contribution in [1.29, 1.82) is 0 Å². The van der Waals surface area contributed by atoms with Gasteiger partial charge in [0.1, 0.15) is 5.82 Å². The van der Waals surface area contributed by atoms with Crippen molar-refractivity contribution < 1.29 is 0 Å². The fourth-order valence-electron chi connectivity index (χ4n) is 3.59. The van der Waals surface area contributed by atoms with Crippen LogP contribution in [0.2, 0.25) is 0 Å². The molecule has 2 N–H and O–H groups in total. The molecular formula is C17H28N4. The lowest BCUT2D eigenvalue weighted by molar-refractivity contribution is 0.257. The van der Waals surface area contributed by atoms with Gasteiger partial charge in [-0.25, -0.2) is 4.98 Å². The maximum atomic E-state index is 5.99. The number of aromatic nitrogens is 1. The second-order valence-corrected chi connectivity index (χ2v) is 6.32. The molecule has 0 atom stereocenters. The molecule has 1 aromatic rings. The summed E-state index contributed by atoms with van der Waals surface area (Å²) in [4.78, 5) is 10.0. The largest absolute Gasteiger partial charge is 0.354 e. The van der Waals surface area contributed by atoms with E-state index in [0.717, 1.165) is 38.4 Å². The lowest BCUT2D eigenvalue weighted by atomic mass is 9.94. The van der Waals surface area contributed by atoms with E-state index in [1.54, 1.807) is 0 Å². The number of hydrogen-bond donors (Lipinski definition) is 1. The minimum Gasteiger partial charge on any atom is -0.354 e. The first-order valence-electron chi connectivity index (χ1n) is 8.51. The summed E-state index contributed by atoms with van der Waals surface area (Å²) in [7, 11) is 0. The first-order valence-corrected chi connectivity index (χ1v) is 8.51. The molecule has 2 heterocycles. The molecule has 0 saturated carbocycles. The van der Waals surface area contributed by atoms with E-state index >= 15 is 0 Å². The second kappa shape index (κ2) is 6.75. The highest BCUT2D eigenvalue weighted by molar-refractivity contribution is 5.51. The van der Waals surface area contributed by atoms with Gasteiger partial charge in [-0.05, 0) is 50.3 Å². The van der Waals surface area contributed by atoms with Crippen molar-refractivity contribution in [2.75, 3.05) is 37.6 Å². The monoisotopic (exact) mass is 288 g/mol. The van der Waals surface area contributed by atoms with Gasteiger partial charge in [0, 0.05) is 44.0 Å². The fraction of sp³-hybridized carbons (Fsp3) is 0.706. The van der Waals surface area contributed by atoms with Crippen molar-refractivity contribution in [3.8, 4) is 0 Å². The summed E-state index contributed by atoms with van der Waals surface area (Å²) in [6.45, 7) is 8.54. The van der Waals surface area contributed by atoms with E-state index in [9.17, 15) is 0 Å². The summed E-state index contributed by atoms with van der Waals surface area (Å²) < 4.78 is 0. The molecule has 116 valence electrons. The predicted octanol–water partition coefficient (Wildman–Crippen LogP) is 1.95. The normalized spacial score (nSPS) is 19.6. The number of piperazine rings is 1. The van der Waals surface area contributed by atoms with Gasteiger partial charge < -0.3 is 10.6 Å². The molecule has 2 aliphatic rings.